The summed E-state index contributed by atoms with van der Waals surface area (Å²) in [5.74, 6) is 0.464. The summed E-state index contributed by atoms with van der Waals surface area (Å²) in [6.45, 7) is 2.27. The van der Waals surface area contributed by atoms with Crippen molar-refractivity contribution in [2.24, 2.45) is 0 Å². The molecule has 0 aliphatic heterocycles. The van der Waals surface area contributed by atoms with Gasteiger partial charge >= 0.3 is 0 Å². The Hall–Kier alpha value is -1.69. The Bertz CT molecular complexity index is 647. The average Bonchev–Trinajstić information content (AvgIpc) is 2.38. The monoisotopic (exact) mass is 291 g/mol. The lowest BCUT2D eigenvalue weighted by Gasteiger charge is -2.10. The zero-order chi connectivity index (χ0) is 13.8. The van der Waals surface area contributed by atoms with Crippen LogP contribution < -0.4 is 4.74 Å². The van der Waals surface area contributed by atoms with Crippen molar-refractivity contribution in [2.45, 2.75) is 13.5 Å². The molecule has 0 atom stereocenters. The summed E-state index contributed by atoms with van der Waals surface area (Å²) < 4.78 is 5.62. The number of rotatable bonds is 3. The largest absolute Gasteiger partial charge is 0.487 e. The fourth-order valence-corrected chi connectivity index (χ4v) is 2.16. The molecule has 0 aromatic heterocycles. The van der Waals surface area contributed by atoms with Crippen molar-refractivity contribution in [3.63, 3.8) is 0 Å². The number of hydrogen-bond acceptors (Lipinski definition) is 2. The van der Waals surface area contributed by atoms with Gasteiger partial charge in [-0.1, -0.05) is 41.4 Å². The first-order chi connectivity index (χ1) is 9.11. The smallest absolute Gasteiger partial charge is 0.139 e. The van der Waals surface area contributed by atoms with Crippen LogP contribution >= 0.6 is 23.2 Å². The van der Waals surface area contributed by atoms with E-state index in [-0.39, 0.29) is 0 Å². The fourth-order valence-electron chi connectivity index (χ4n) is 1.66. The Balaban J connectivity index is 2.20. The zero-order valence-electron chi connectivity index (χ0n) is 10.3. The predicted molar refractivity (Wildman–Crippen MR) is 76.7 cm³/mol. The van der Waals surface area contributed by atoms with E-state index in [1.165, 1.54) is 0 Å². The lowest BCUT2D eigenvalue weighted by molar-refractivity contribution is 0.305. The molecule has 0 bridgehead atoms. The van der Waals surface area contributed by atoms with E-state index < -0.39 is 0 Å². The molecule has 0 spiro atoms. The Labute approximate surface area is 122 Å². The second kappa shape index (κ2) is 5.97. The van der Waals surface area contributed by atoms with E-state index in [4.69, 9.17) is 33.2 Å². The molecule has 2 rings (SSSR count). The molecule has 0 radical (unpaired) electrons. The van der Waals surface area contributed by atoms with Crippen molar-refractivity contribution in [1.29, 1.82) is 5.26 Å². The first-order valence-corrected chi connectivity index (χ1v) is 6.44. The van der Waals surface area contributed by atoms with Gasteiger partial charge < -0.3 is 4.74 Å². The van der Waals surface area contributed by atoms with Gasteiger partial charge in [0.1, 0.15) is 24.0 Å². The highest BCUT2D eigenvalue weighted by Gasteiger charge is 2.08. The summed E-state index contributed by atoms with van der Waals surface area (Å²) in [7, 11) is 0. The van der Waals surface area contributed by atoms with Gasteiger partial charge in [-0.25, -0.2) is 0 Å². The van der Waals surface area contributed by atoms with Crippen LogP contribution in [0.1, 0.15) is 16.7 Å². The van der Waals surface area contributed by atoms with Gasteiger partial charge in [-0.2, -0.15) is 5.26 Å². The third-order valence-electron chi connectivity index (χ3n) is 2.68. The van der Waals surface area contributed by atoms with Gasteiger partial charge in [0.2, 0.25) is 0 Å². The Morgan fingerprint density at radius 3 is 2.63 bits per heavy atom. The topological polar surface area (TPSA) is 33.0 Å². The first-order valence-electron chi connectivity index (χ1n) is 5.68. The normalized spacial score (nSPS) is 10.0. The maximum atomic E-state index is 9.05. The molecule has 2 aromatic carbocycles. The van der Waals surface area contributed by atoms with E-state index in [0.29, 0.717) is 28.0 Å². The van der Waals surface area contributed by atoms with Gasteiger partial charge in [0, 0.05) is 10.6 Å². The van der Waals surface area contributed by atoms with Crippen LogP contribution in [0.5, 0.6) is 5.75 Å². The number of hydrogen-bond donors (Lipinski definition) is 0. The summed E-state index contributed by atoms with van der Waals surface area (Å²) in [4.78, 5) is 0. The first kappa shape index (κ1) is 13.7. The molecule has 0 aliphatic rings. The predicted octanol–water partition coefficient (Wildman–Crippen LogP) is 4.75. The third-order valence-corrected chi connectivity index (χ3v) is 3.35. The molecule has 0 fully saturated rings. The molecule has 0 unspecified atom stereocenters. The van der Waals surface area contributed by atoms with Crippen LogP contribution in [0.4, 0.5) is 0 Å². The lowest BCUT2D eigenvalue weighted by atomic mass is 10.1. The van der Waals surface area contributed by atoms with Gasteiger partial charge in [-0.15, -0.1) is 0 Å². The Kier molecular flexibility index (Phi) is 4.31. The van der Waals surface area contributed by atoms with Crippen LogP contribution in [0.2, 0.25) is 10.0 Å². The molecule has 0 heterocycles. The van der Waals surface area contributed by atoms with Crippen LogP contribution in [-0.4, -0.2) is 0 Å². The third kappa shape index (κ3) is 3.20. The molecule has 2 aromatic rings. The Morgan fingerprint density at radius 2 is 1.95 bits per heavy atom. The van der Waals surface area contributed by atoms with Crippen molar-refractivity contribution in [2.75, 3.05) is 0 Å². The maximum absolute atomic E-state index is 9.05. The van der Waals surface area contributed by atoms with Crippen LogP contribution in [0.15, 0.2) is 36.4 Å². The molecule has 0 saturated carbocycles. The molecule has 0 aliphatic carbocycles. The number of aryl methyl sites for hydroxylation is 1. The van der Waals surface area contributed by atoms with Crippen LogP contribution in [-0.2, 0) is 6.61 Å². The highest BCUT2D eigenvalue weighted by atomic mass is 35.5. The average molecular weight is 292 g/mol. The van der Waals surface area contributed by atoms with Gasteiger partial charge in [-0.3, -0.25) is 0 Å². The van der Waals surface area contributed by atoms with Crippen molar-refractivity contribution in [1.82, 2.24) is 0 Å². The van der Waals surface area contributed by atoms with E-state index in [1.807, 2.05) is 31.2 Å². The summed E-state index contributed by atoms with van der Waals surface area (Å²) in [6, 6.07) is 12.9. The second-order valence-electron chi connectivity index (χ2n) is 4.11. The van der Waals surface area contributed by atoms with Crippen molar-refractivity contribution in [3.05, 3.63) is 63.1 Å². The SMILES string of the molecule is Cc1ccc(COc2cccc(Cl)c2C#N)c(Cl)c1. The van der Waals surface area contributed by atoms with Crippen molar-refractivity contribution in [3.8, 4) is 11.8 Å². The molecular weight excluding hydrogens is 281 g/mol. The lowest BCUT2D eigenvalue weighted by Crippen LogP contribution is -1.98. The highest BCUT2D eigenvalue weighted by molar-refractivity contribution is 6.32. The summed E-state index contributed by atoms with van der Waals surface area (Å²) in [6.07, 6.45) is 0. The molecule has 2 nitrogen and oxygen atoms in total. The van der Waals surface area contributed by atoms with Gasteiger partial charge in [0.25, 0.3) is 0 Å². The second-order valence-corrected chi connectivity index (χ2v) is 4.92. The van der Waals surface area contributed by atoms with E-state index in [2.05, 4.69) is 0 Å². The molecule has 0 N–H and O–H groups in total. The summed E-state index contributed by atoms with van der Waals surface area (Å²) in [5.41, 5.74) is 2.30. The summed E-state index contributed by atoms with van der Waals surface area (Å²) in [5, 5.41) is 10.1. The Morgan fingerprint density at radius 1 is 1.16 bits per heavy atom. The molecule has 19 heavy (non-hydrogen) atoms. The van der Waals surface area contributed by atoms with Crippen LogP contribution in [0, 0.1) is 18.3 Å². The minimum absolute atomic E-state index is 0.300. The maximum Gasteiger partial charge on any atom is 0.139 e. The minimum atomic E-state index is 0.300. The number of nitriles is 1. The van der Waals surface area contributed by atoms with E-state index >= 15 is 0 Å². The van der Waals surface area contributed by atoms with Gasteiger partial charge in [-0.05, 0) is 30.7 Å². The molecule has 4 heteroatoms. The quantitative estimate of drug-likeness (QED) is 0.817. The van der Waals surface area contributed by atoms with Gasteiger partial charge in [0.05, 0.1) is 5.02 Å². The van der Waals surface area contributed by atoms with E-state index in [0.717, 1.165) is 11.1 Å². The zero-order valence-corrected chi connectivity index (χ0v) is 11.8. The number of halogens is 2. The van der Waals surface area contributed by atoms with Crippen molar-refractivity contribution < 1.29 is 4.74 Å². The minimum Gasteiger partial charge on any atom is -0.487 e. The standard InChI is InChI=1S/C15H11Cl2NO/c1-10-5-6-11(14(17)7-10)9-19-15-4-2-3-13(16)12(15)8-18/h2-7H,9H2,1H3. The summed E-state index contributed by atoms with van der Waals surface area (Å²) >= 11 is 12.1. The van der Waals surface area contributed by atoms with E-state index in [1.54, 1.807) is 18.2 Å². The van der Waals surface area contributed by atoms with Crippen LogP contribution in [0.25, 0.3) is 0 Å². The van der Waals surface area contributed by atoms with Gasteiger partial charge in [0.15, 0.2) is 0 Å². The molecule has 0 saturated heterocycles. The van der Waals surface area contributed by atoms with Crippen molar-refractivity contribution >= 4 is 23.2 Å². The fraction of sp³-hybridized carbons (Fsp3) is 0.133. The molecule has 96 valence electrons. The number of nitrogens with zero attached hydrogens (tertiary/aromatic N) is 1. The van der Waals surface area contributed by atoms with Crippen LogP contribution in [0.3, 0.4) is 0 Å². The number of ether oxygens (including phenoxy) is 1. The number of benzene rings is 2. The molecule has 0 amide bonds. The van der Waals surface area contributed by atoms with E-state index in [9.17, 15) is 0 Å². The molecular formula is C15H11Cl2NO. The highest BCUT2D eigenvalue weighted by Crippen LogP contribution is 2.27.